The minimum Gasteiger partial charge on any atom is -0.461 e. The summed E-state index contributed by atoms with van der Waals surface area (Å²) in [6.45, 7) is 1.99. The summed E-state index contributed by atoms with van der Waals surface area (Å²) in [5.74, 6) is -0.681. The Labute approximate surface area is 220 Å². The van der Waals surface area contributed by atoms with Crippen molar-refractivity contribution in [2.24, 2.45) is 5.10 Å². The van der Waals surface area contributed by atoms with Crippen LogP contribution in [0.15, 0.2) is 99.4 Å². The van der Waals surface area contributed by atoms with Gasteiger partial charge in [-0.15, -0.1) is 0 Å². The number of halogens is 1. The summed E-state index contributed by atoms with van der Waals surface area (Å²) < 4.78 is 5.14. The van der Waals surface area contributed by atoms with Crippen molar-refractivity contribution in [2.75, 3.05) is 16.5 Å². The Hall–Kier alpha value is -3.01. The van der Waals surface area contributed by atoms with Crippen LogP contribution in [0.4, 0.5) is 11.4 Å². The molecule has 5 rings (SSSR count). The Morgan fingerprint density at radius 1 is 0.971 bits per heavy atom. The van der Waals surface area contributed by atoms with Crippen LogP contribution in [0.3, 0.4) is 0 Å². The van der Waals surface area contributed by atoms with Crippen LogP contribution >= 0.6 is 39.5 Å². The molecule has 0 saturated carbocycles. The first-order valence-corrected chi connectivity index (χ1v) is 13.3. The fourth-order valence-electron chi connectivity index (χ4n) is 3.74. The van der Waals surface area contributed by atoms with Crippen LogP contribution in [0.5, 0.6) is 0 Å². The summed E-state index contributed by atoms with van der Waals surface area (Å²) >= 11 is 6.04. The predicted octanol–water partition coefficient (Wildman–Crippen LogP) is 6.31. The predicted molar refractivity (Wildman–Crippen MR) is 147 cm³/mol. The number of para-hydroxylation sites is 2. The highest BCUT2D eigenvalue weighted by Crippen LogP contribution is 2.59. The molecule has 2 aliphatic rings. The average Bonchev–Trinajstić information content (AvgIpc) is 3.39. The smallest absolute Gasteiger partial charge is 0.365 e. The van der Waals surface area contributed by atoms with E-state index >= 15 is 0 Å². The number of rotatable bonds is 5. The number of hydrogen-bond donors (Lipinski definition) is 0. The highest BCUT2D eigenvalue weighted by atomic mass is 79.9. The molecule has 9 heteroatoms. The monoisotopic (exact) mass is 565 g/mol. The van der Waals surface area contributed by atoms with Crippen molar-refractivity contribution in [1.82, 2.24) is 0 Å². The van der Waals surface area contributed by atoms with Crippen molar-refractivity contribution in [3.05, 3.63) is 99.9 Å². The van der Waals surface area contributed by atoms with Gasteiger partial charge in [0.1, 0.15) is 0 Å². The van der Waals surface area contributed by atoms with E-state index in [1.54, 1.807) is 16.8 Å². The molecular formula is C26H20BrN3O3S2. The standard InChI is InChI=1S/C26H20BrN3O3S2/c1-2-33-25(32)23-28-30(21-11-7-4-8-12-21)26(35-23)29(20-9-5-3-6-10-20)24(31)22(34-26)17-18-13-15-19(27)16-14-18/h3-17H,2H2,1H3/b22-17+. The SMILES string of the molecule is CCOC(=O)C1=NN(c2ccccc2)C2(S1)S/C(=C/c1ccc(Br)cc1)C(=O)N2c1ccccc1. The van der Waals surface area contributed by atoms with Crippen LogP contribution in [-0.2, 0) is 14.3 Å². The number of carbonyl (C=O) groups is 2. The lowest BCUT2D eigenvalue weighted by Gasteiger charge is -2.38. The number of carbonyl (C=O) groups excluding carboxylic acids is 2. The lowest BCUT2D eigenvalue weighted by molar-refractivity contribution is -0.134. The van der Waals surface area contributed by atoms with E-state index in [2.05, 4.69) is 21.0 Å². The molecule has 1 unspecified atom stereocenters. The Morgan fingerprint density at radius 2 is 1.60 bits per heavy atom. The fraction of sp³-hybridized carbons (Fsp3) is 0.115. The number of anilines is 2. The lowest BCUT2D eigenvalue weighted by atomic mass is 10.2. The van der Waals surface area contributed by atoms with Crippen molar-refractivity contribution >= 4 is 73.8 Å². The molecule has 176 valence electrons. The molecule has 35 heavy (non-hydrogen) atoms. The number of esters is 1. The summed E-state index contributed by atoms with van der Waals surface area (Å²) in [6.07, 6.45) is 1.87. The molecule has 1 fully saturated rings. The number of thioether (sulfide) groups is 2. The molecule has 0 aromatic heterocycles. The van der Waals surface area contributed by atoms with E-state index in [9.17, 15) is 9.59 Å². The van der Waals surface area contributed by atoms with E-state index < -0.39 is 10.3 Å². The Morgan fingerprint density at radius 3 is 2.23 bits per heavy atom. The molecule has 6 nitrogen and oxygen atoms in total. The van der Waals surface area contributed by atoms with E-state index in [1.165, 1.54) is 23.5 Å². The summed E-state index contributed by atoms with van der Waals surface area (Å²) in [7, 11) is 0. The quantitative estimate of drug-likeness (QED) is 0.267. The largest absolute Gasteiger partial charge is 0.461 e. The summed E-state index contributed by atoms with van der Waals surface area (Å²) in [5, 5.41) is 6.60. The molecule has 0 N–H and O–H groups in total. The Bertz CT molecular complexity index is 1320. The van der Waals surface area contributed by atoms with E-state index in [4.69, 9.17) is 4.74 Å². The number of ether oxygens (including phenoxy) is 1. The molecule has 0 radical (unpaired) electrons. The highest BCUT2D eigenvalue weighted by molar-refractivity contribution is 9.10. The van der Waals surface area contributed by atoms with Crippen molar-refractivity contribution in [3.63, 3.8) is 0 Å². The second-order valence-corrected chi connectivity index (χ2v) is 11.1. The molecule has 1 saturated heterocycles. The molecular weight excluding hydrogens is 546 g/mol. The number of hydrazone groups is 1. The molecule has 2 aliphatic heterocycles. The van der Waals surface area contributed by atoms with Gasteiger partial charge in [-0.1, -0.05) is 76.2 Å². The van der Waals surface area contributed by atoms with Gasteiger partial charge in [0.25, 0.3) is 5.91 Å². The molecule has 2 heterocycles. The highest BCUT2D eigenvalue weighted by Gasteiger charge is 2.60. The molecule has 1 amide bonds. The van der Waals surface area contributed by atoms with Crippen LogP contribution in [0.25, 0.3) is 6.08 Å². The molecule has 1 atom stereocenters. The van der Waals surface area contributed by atoms with Crippen LogP contribution in [-0.4, -0.2) is 27.9 Å². The van der Waals surface area contributed by atoms with Gasteiger partial charge in [0.2, 0.25) is 9.37 Å². The Kier molecular flexibility index (Phi) is 6.73. The van der Waals surface area contributed by atoms with E-state index in [0.29, 0.717) is 10.6 Å². The van der Waals surface area contributed by atoms with Gasteiger partial charge in [0, 0.05) is 10.2 Å². The zero-order valence-electron chi connectivity index (χ0n) is 18.6. The minimum atomic E-state index is -1.08. The summed E-state index contributed by atoms with van der Waals surface area (Å²) in [5.41, 5.74) is 2.36. The summed E-state index contributed by atoms with van der Waals surface area (Å²) in [4.78, 5) is 28.9. The number of amides is 1. The van der Waals surface area contributed by atoms with Crippen molar-refractivity contribution in [1.29, 1.82) is 0 Å². The zero-order valence-corrected chi connectivity index (χ0v) is 21.8. The topological polar surface area (TPSA) is 62.2 Å². The van der Waals surface area contributed by atoms with Gasteiger partial charge in [-0.3, -0.25) is 9.69 Å². The van der Waals surface area contributed by atoms with Crippen LogP contribution in [0.2, 0.25) is 0 Å². The molecule has 0 aliphatic carbocycles. The first-order chi connectivity index (χ1) is 17.0. The van der Waals surface area contributed by atoms with Gasteiger partial charge in [0.05, 0.1) is 17.2 Å². The second-order valence-electron chi connectivity index (χ2n) is 7.56. The van der Waals surface area contributed by atoms with Crippen molar-refractivity contribution < 1.29 is 14.3 Å². The summed E-state index contributed by atoms with van der Waals surface area (Å²) in [6, 6.07) is 26.7. The fourth-order valence-corrected chi connectivity index (χ4v) is 6.88. The maximum absolute atomic E-state index is 13.9. The van der Waals surface area contributed by atoms with Gasteiger partial charge in [0.15, 0.2) is 0 Å². The van der Waals surface area contributed by atoms with Crippen LogP contribution in [0.1, 0.15) is 12.5 Å². The van der Waals surface area contributed by atoms with E-state index in [1.807, 2.05) is 91.0 Å². The minimum absolute atomic E-state index is 0.169. The average molecular weight is 567 g/mol. The number of nitrogens with zero attached hydrogens (tertiary/aromatic N) is 3. The van der Waals surface area contributed by atoms with Crippen molar-refractivity contribution in [2.45, 2.75) is 11.3 Å². The molecule has 1 spiro atoms. The third-order valence-corrected chi connectivity index (χ3v) is 8.49. The molecule has 3 aromatic carbocycles. The number of benzene rings is 3. The van der Waals surface area contributed by atoms with E-state index in [-0.39, 0.29) is 17.6 Å². The first-order valence-electron chi connectivity index (χ1n) is 10.9. The van der Waals surface area contributed by atoms with E-state index in [0.717, 1.165) is 15.7 Å². The van der Waals surface area contributed by atoms with Gasteiger partial charge < -0.3 is 4.74 Å². The van der Waals surface area contributed by atoms with Gasteiger partial charge in [-0.25, -0.2) is 9.80 Å². The normalized spacial score (nSPS) is 20.6. The number of hydrogen-bond acceptors (Lipinski definition) is 7. The lowest BCUT2D eigenvalue weighted by Crippen LogP contribution is -2.51. The van der Waals surface area contributed by atoms with Crippen molar-refractivity contribution in [3.8, 4) is 0 Å². The first kappa shape index (κ1) is 23.7. The molecule has 0 bridgehead atoms. The maximum Gasteiger partial charge on any atom is 0.365 e. The van der Waals surface area contributed by atoms with Crippen LogP contribution < -0.4 is 9.91 Å². The van der Waals surface area contributed by atoms with Gasteiger partial charge in [-0.2, -0.15) is 5.10 Å². The zero-order chi connectivity index (χ0) is 24.4. The maximum atomic E-state index is 13.9. The third kappa shape index (κ3) is 4.51. The molecule has 3 aromatic rings. The third-order valence-electron chi connectivity index (χ3n) is 5.26. The van der Waals surface area contributed by atoms with Gasteiger partial charge >= 0.3 is 5.97 Å². The van der Waals surface area contributed by atoms with Crippen LogP contribution in [0, 0.1) is 0 Å². The Balaban J connectivity index is 1.66. The second kappa shape index (κ2) is 9.93. The van der Waals surface area contributed by atoms with Gasteiger partial charge in [-0.05, 0) is 66.7 Å².